The zero-order valence-corrected chi connectivity index (χ0v) is 10.2. The maximum Gasteiger partial charge on any atom is 0.220 e. The van der Waals surface area contributed by atoms with Gasteiger partial charge in [-0.15, -0.1) is 0 Å². The van der Waals surface area contributed by atoms with Gasteiger partial charge in [-0.1, -0.05) is 33.1 Å². The minimum Gasteiger partial charge on any atom is -0.356 e. The van der Waals surface area contributed by atoms with E-state index in [1.54, 1.807) is 0 Å². The number of hydrogen-bond donors (Lipinski definition) is 2. The van der Waals surface area contributed by atoms with Gasteiger partial charge in [0, 0.05) is 13.0 Å². The molecule has 15 heavy (non-hydrogen) atoms. The molecule has 0 aliphatic carbocycles. The number of rotatable bonds is 9. The van der Waals surface area contributed by atoms with Crippen LogP contribution in [0.5, 0.6) is 0 Å². The van der Waals surface area contributed by atoms with Crippen molar-refractivity contribution < 1.29 is 4.79 Å². The molecule has 3 N–H and O–H groups in total. The standard InChI is InChI=1S/C12H26N2O/c1-3-4-5-6-9-14-12(15)8-7-11(2)10-13/h11H,3-10,13H2,1-2H3,(H,14,15). The van der Waals surface area contributed by atoms with Gasteiger partial charge in [0.15, 0.2) is 0 Å². The van der Waals surface area contributed by atoms with Crippen LogP contribution in [0.15, 0.2) is 0 Å². The molecule has 1 atom stereocenters. The minimum absolute atomic E-state index is 0.173. The van der Waals surface area contributed by atoms with Crippen molar-refractivity contribution in [2.75, 3.05) is 13.1 Å². The van der Waals surface area contributed by atoms with Crippen LogP contribution in [0.4, 0.5) is 0 Å². The van der Waals surface area contributed by atoms with E-state index in [-0.39, 0.29) is 5.91 Å². The molecule has 0 aromatic carbocycles. The van der Waals surface area contributed by atoms with E-state index in [2.05, 4.69) is 19.2 Å². The molecule has 0 aliphatic rings. The van der Waals surface area contributed by atoms with E-state index in [1.807, 2.05) is 0 Å². The molecule has 0 heterocycles. The lowest BCUT2D eigenvalue weighted by Crippen LogP contribution is -2.25. The predicted octanol–water partition coefficient (Wildman–Crippen LogP) is 2.06. The summed E-state index contributed by atoms with van der Waals surface area (Å²) in [6, 6.07) is 0. The summed E-state index contributed by atoms with van der Waals surface area (Å²) >= 11 is 0. The third kappa shape index (κ3) is 9.73. The molecule has 0 aliphatic heterocycles. The zero-order valence-electron chi connectivity index (χ0n) is 10.2. The van der Waals surface area contributed by atoms with Crippen molar-refractivity contribution in [2.24, 2.45) is 11.7 Å². The number of carbonyl (C=O) groups excluding carboxylic acids is 1. The molecule has 0 rings (SSSR count). The summed E-state index contributed by atoms with van der Waals surface area (Å²) in [5.41, 5.74) is 5.48. The van der Waals surface area contributed by atoms with Gasteiger partial charge in [0.25, 0.3) is 0 Å². The third-order valence-electron chi connectivity index (χ3n) is 2.62. The quantitative estimate of drug-likeness (QED) is 0.577. The second kappa shape index (κ2) is 9.97. The highest BCUT2D eigenvalue weighted by atomic mass is 16.1. The molecule has 0 aromatic rings. The lowest BCUT2D eigenvalue weighted by molar-refractivity contribution is -0.121. The van der Waals surface area contributed by atoms with Crippen molar-refractivity contribution in [1.29, 1.82) is 0 Å². The molecule has 90 valence electrons. The Morgan fingerprint density at radius 1 is 1.33 bits per heavy atom. The van der Waals surface area contributed by atoms with E-state index in [4.69, 9.17) is 5.73 Å². The first-order chi connectivity index (χ1) is 7.20. The smallest absolute Gasteiger partial charge is 0.220 e. The van der Waals surface area contributed by atoms with Crippen LogP contribution in [-0.2, 0) is 4.79 Å². The first-order valence-corrected chi connectivity index (χ1v) is 6.17. The number of hydrogen-bond acceptors (Lipinski definition) is 2. The van der Waals surface area contributed by atoms with E-state index >= 15 is 0 Å². The van der Waals surface area contributed by atoms with Crippen LogP contribution in [0.1, 0.15) is 52.4 Å². The normalized spacial score (nSPS) is 12.5. The van der Waals surface area contributed by atoms with Crippen LogP contribution in [0, 0.1) is 5.92 Å². The van der Waals surface area contributed by atoms with E-state index in [1.165, 1.54) is 19.3 Å². The average Bonchev–Trinajstić information content (AvgIpc) is 2.25. The fourth-order valence-electron chi connectivity index (χ4n) is 1.36. The monoisotopic (exact) mass is 214 g/mol. The van der Waals surface area contributed by atoms with Crippen LogP contribution in [0.25, 0.3) is 0 Å². The fraction of sp³-hybridized carbons (Fsp3) is 0.917. The third-order valence-corrected chi connectivity index (χ3v) is 2.62. The Labute approximate surface area is 93.8 Å². The second-order valence-electron chi connectivity index (χ2n) is 4.29. The van der Waals surface area contributed by atoms with Crippen molar-refractivity contribution >= 4 is 5.91 Å². The molecule has 0 aromatic heterocycles. The summed E-state index contributed by atoms with van der Waals surface area (Å²) in [4.78, 5) is 11.3. The van der Waals surface area contributed by atoms with E-state index in [0.717, 1.165) is 19.4 Å². The molecule has 0 radical (unpaired) electrons. The van der Waals surface area contributed by atoms with Gasteiger partial charge >= 0.3 is 0 Å². The van der Waals surface area contributed by atoms with Crippen LogP contribution >= 0.6 is 0 Å². The molecule has 3 heteroatoms. The minimum atomic E-state index is 0.173. The summed E-state index contributed by atoms with van der Waals surface area (Å²) in [7, 11) is 0. The van der Waals surface area contributed by atoms with Gasteiger partial charge in [0.1, 0.15) is 0 Å². The zero-order chi connectivity index (χ0) is 11.5. The lowest BCUT2D eigenvalue weighted by atomic mass is 10.1. The predicted molar refractivity (Wildman–Crippen MR) is 64.6 cm³/mol. The summed E-state index contributed by atoms with van der Waals surface area (Å²) in [6.45, 7) is 5.76. The largest absolute Gasteiger partial charge is 0.356 e. The molecule has 1 amide bonds. The first-order valence-electron chi connectivity index (χ1n) is 6.17. The maximum absolute atomic E-state index is 11.3. The van der Waals surface area contributed by atoms with Gasteiger partial charge < -0.3 is 11.1 Å². The van der Waals surface area contributed by atoms with Gasteiger partial charge in [-0.25, -0.2) is 0 Å². The van der Waals surface area contributed by atoms with E-state index < -0.39 is 0 Å². The van der Waals surface area contributed by atoms with Crippen molar-refractivity contribution in [3.63, 3.8) is 0 Å². The first kappa shape index (κ1) is 14.4. The SMILES string of the molecule is CCCCCCNC(=O)CCC(C)CN. The molecule has 1 unspecified atom stereocenters. The van der Waals surface area contributed by atoms with Crippen LogP contribution in [-0.4, -0.2) is 19.0 Å². The highest BCUT2D eigenvalue weighted by Gasteiger charge is 2.04. The van der Waals surface area contributed by atoms with Gasteiger partial charge in [-0.2, -0.15) is 0 Å². The molecule has 0 bridgehead atoms. The molecular formula is C12H26N2O. The second-order valence-corrected chi connectivity index (χ2v) is 4.29. The van der Waals surface area contributed by atoms with E-state index in [9.17, 15) is 4.79 Å². The lowest BCUT2D eigenvalue weighted by Gasteiger charge is -2.08. The van der Waals surface area contributed by atoms with Crippen molar-refractivity contribution in [2.45, 2.75) is 52.4 Å². The Kier molecular flexibility index (Phi) is 9.59. The number of nitrogens with one attached hydrogen (secondary N) is 1. The molecular weight excluding hydrogens is 188 g/mol. The molecule has 0 saturated heterocycles. The number of carbonyl (C=O) groups is 1. The summed E-state index contributed by atoms with van der Waals surface area (Å²) in [6.07, 6.45) is 6.34. The van der Waals surface area contributed by atoms with Crippen LogP contribution in [0.2, 0.25) is 0 Å². The fourth-order valence-corrected chi connectivity index (χ4v) is 1.36. The molecule has 0 spiro atoms. The van der Waals surface area contributed by atoms with Crippen LogP contribution < -0.4 is 11.1 Å². The Hall–Kier alpha value is -0.570. The molecule has 0 saturated carbocycles. The number of amides is 1. The highest BCUT2D eigenvalue weighted by Crippen LogP contribution is 2.03. The van der Waals surface area contributed by atoms with Crippen molar-refractivity contribution in [3.8, 4) is 0 Å². The Morgan fingerprint density at radius 2 is 2.07 bits per heavy atom. The van der Waals surface area contributed by atoms with Crippen molar-refractivity contribution in [1.82, 2.24) is 5.32 Å². The Morgan fingerprint density at radius 3 is 2.67 bits per heavy atom. The van der Waals surface area contributed by atoms with Crippen LogP contribution in [0.3, 0.4) is 0 Å². The highest BCUT2D eigenvalue weighted by molar-refractivity contribution is 5.75. The van der Waals surface area contributed by atoms with Gasteiger partial charge in [-0.3, -0.25) is 4.79 Å². The topological polar surface area (TPSA) is 55.1 Å². The summed E-state index contributed by atoms with van der Waals surface area (Å²) in [5, 5.41) is 2.94. The van der Waals surface area contributed by atoms with Gasteiger partial charge in [0.05, 0.1) is 0 Å². The Bertz CT molecular complexity index is 160. The van der Waals surface area contributed by atoms with E-state index in [0.29, 0.717) is 18.9 Å². The average molecular weight is 214 g/mol. The molecule has 0 fully saturated rings. The summed E-state index contributed by atoms with van der Waals surface area (Å²) in [5.74, 6) is 0.627. The number of nitrogens with two attached hydrogens (primary N) is 1. The van der Waals surface area contributed by atoms with Gasteiger partial charge in [0.2, 0.25) is 5.91 Å². The molecule has 3 nitrogen and oxygen atoms in total. The Balaban J connectivity index is 3.26. The van der Waals surface area contributed by atoms with Gasteiger partial charge in [-0.05, 0) is 25.3 Å². The number of unbranched alkanes of at least 4 members (excludes halogenated alkanes) is 3. The summed E-state index contributed by atoms with van der Waals surface area (Å²) < 4.78 is 0. The van der Waals surface area contributed by atoms with Crippen molar-refractivity contribution in [3.05, 3.63) is 0 Å². The maximum atomic E-state index is 11.3.